The number of carboxylic acid groups (broad SMARTS) is 1. The standard InChI is InChI=1S/C50H45ClF4N6O6S/c1-29-36-14-16-40(44(29)51)66-35(25-60-19-21-61(22-20-60)27-50(53,54)55)13-7-30-8-15-38(65-26-34-17-18-56-46(59-34)37-5-3-4-6-39(37)64-2)32(23-30)24-41(49(62)63)67-47-43-42(36)45(68-48(43)58-28-57-47)31-9-11-33(52)12-10-31/h3-6,8-12,14-18,23,28,35,41H,7,13,19-22,24-27H2,1-2H3,(H,62,63)/t35-,41+/m0/s1. The molecule has 0 aliphatic carbocycles. The van der Waals surface area contributed by atoms with Gasteiger partial charge in [-0.2, -0.15) is 13.2 Å². The highest BCUT2D eigenvalue weighted by atomic mass is 35.5. The van der Waals surface area contributed by atoms with Gasteiger partial charge in [0.1, 0.15) is 46.9 Å². The topological polar surface area (TPSA) is 132 Å². The number of halogens is 5. The number of alkyl halides is 3. The van der Waals surface area contributed by atoms with Crippen molar-refractivity contribution >= 4 is 39.1 Å². The van der Waals surface area contributed by atoms with Crippen molar-refractivity contribution in [2.45, 2.75) is 51.2 Å². The average molecular weight is 969 g/mol. The van der Waals surface area contributed by atoms with E-state index in [4.69, 9.17) is 35.5 Å². The Hall–Kier alpha value is -6.40. The summed E-state index contributed by atoms with van der Waals surface area (Å²) in [5.74, 6) is 0.252. The van der Waals surface area contributed by atoms with Crippen LogP contribution in [0.2, 0.25) is 5.02 Å². The Bertz CT molecular complexity index is 2950. The Morgan fingerprint density at radius 3 is 2.47 bits per heavy atom. The number of benzene rings is 4. The maximum atomic E-state index is 14.3. The summed E-state index contributed by atoms with van der Waals surface area (Å²) in [6.07, 6.45) is -2.42. The van der Waals surface area contributed by atoms with E-state index in [1.807, 2.05) is 49.4 Å². The van der Waals surface area contributed by atoms with Crippen molar-refractivity contribution in [2.75, 3.05) is 46.4 Å². The Morgan fingerprint density at radius 1 is 0.926 bits per heavy atom. The summed E-state index contributed by atoms with van der Waals surface area (Å²) in [4.78, 5) is 36.3. The van der Waals surface area contributed by atoms with Crippen LogP contribution in [-0.2, 0) is 24.2 Å². The van der Waals surface area contributed by atoms with Crippen LogP contribution >= 0.6 is 22.9 Å². The van der Waals surface area contributed by atoms with Gasteiger partial charge in [-0.1, -0.05) is 54.1 Å². The minimum absolute atomic E-state index is 0.0239. The maximum absolute atomic E-state index is 14.3. The third-order valence-electron chi connectivity index (χ3n) is 12.1. The lowest BCUT2D eigenvalue weighted by atomic mass is 9.96. The molecule has 12 nitrogen and oxygen atoms in total. The molecular weight excluding hydrogens is 924 g/mol. The van der Waals surface area contributed by atoms with Gasteiger partial charge in [-0.05, 0) is 90.0 Å². The van der Waals surface area contributed by atoms with E-state index in [1.54, 1.807) is 43.6 Å². The lowest BCUT2D eigenvalue weighted by molar-refractivity contribution is -0.149. The minimum Gasteiger partial charge on any atom is -0.496 e. The number of carboxylic acids is 1. The molecule has 2 atom stereocenters. The van der Waals surface area contributed by atoms with Crippen molar-refractivity contribution in [3.63, 3.8) is 0 Å². The van der Waals surface area contributed by atoms with E-state index < -0.39 is 36.7 Å². The van der Waals surface area contributed by atoms with Crippen LogP contribution in [0.3, 0.4) is 0 Å². The molecule has 10 rings (SSSR count). The highest BCUT2D eigenvalue weighted by molar-refractivity contribution is 7.22. The van der Waals surface area contributed by atoms with Crippen molar-refractivity contribution in [3.8, 4) is 56.1 Å². The highest BCUT2D eigenvalue weighted by Crippen LogP contribution is 2.50. The number of aliphatic carboxylic acids is 1. The van der Waals surface area contributed by atoms with Crippen LogP contribution in [0.5, 0.6) is 23.1 Å². The zero-order valence-corrected chi connectivity index (χ0v) is 38.5. The molecule has 0 amide bonds. The first-order valence-electron chi connectivity index (χ1n) is 21.9. The summed E-state index contributed by atoms with van der Waals surface area (Å²) in [6, 6.07) is 24.4. The van der Waals surface area contributed by atoms with Crippen LogP contribution in [0.25, 0.3) is 43.2 Å². The second-order valence-corrected chi connectivity index (χ2v) is 18.0. The van der Waals surface area contributed by atoms with E-state index in [1.165, 1.54) is 34.7 Å². The minimum atomic E-state index is -4.29. The molecule has 68 heavy (non-hydrogen) atoms. The van der Waals surface area contributed by atoms with E-state index in [0.717, 1.165) is 5.56 Å². The molecule has 0 radical (unpaired) electrons. The fourth-order valence-electron chi connectivity index (χ4n) is 8.64. The van der Waals surface area contributed by atoms with Crippen molar-refractivity contribution < 1.29 is 46.4 Å². The van der Waals surface area contributed by atoms with Gasteiger partial charge in [0.25, 0.3) is 0 Å². The molecule has 3 aliphatic rings. The predicted octanol–water partition coefficient (Wildman–Crippen LogP) is 10.1. The summed E-state index contributed by atoms with van der Waals surface area (Å²) < 4.78 is 79.3. The second kappa shape index (κ2) is 20.1. The van der Waals surface area contributed by atoms with Crippen LogP contribution in [0.15, 0.2) is 97.5 Å². The zero-order chi connectivity index (χ0) is 47.5. The Morgan fingerprint density at radius 2 is 1.71 bits per heavy atom. The van der Waals surface area contributed by atoms with Gasteiger partial charge in [0.05, 0.1) is 35.3 Å². The molecule has 3 aliphatic heterocycles. The smallest absolute Gasteiger partial charge is 0.401 e. The number of ether oxygens (including phenoxy) is 4. The van der Waals surface area contributed by atoms with Crippen LogP contribution in [-0.4, -0.2) is 106 Å². The molecular formula is C50H45ClF4N6O6S. The summed E-state index contributed by atoms with van der Waals surface area (Å²) in [7, 11) is 1.58. The largest absolute Gasteiger partial charge is 0.496 e. The first kappa shape index (κ1) is 46.7. The van der Waals surface area contributed by atoms with Gasteiger partial charge in [-0.15, -0.1) is 11.3 Å². The Balaban J connectivity index is 1.11. The molecule has 1 fully saturated rings. The number of aryl methyl sites for hydroxylation is 1. The van der Waals surface area contributed by atoms with Crippen LogP contribution in [0.1, 0.15) is 28.8 Å². The van der Waals surface area contributed by atoms with Crippen molar-refractivity contribution in [3.05, 3.63) is 131 Å². The van der Waals surface area contributed by atoms with Crippen LogP contribution in [0, 0.1) is 12.7 Å². The first-order valence-corrected chi connectivity index (χ1v) is 23.1. The summed E-state index contributed by atoms with van der Waals surface area (Å²) in [5.41, 5.74) is 5.28. The molecule has 352 valence electrons. The van der Waals surface area contributed by atoms with E-state index in [2.05, 4.69) is 19.9 Å². The molecule has 1 saturated heterocycles. The van der Waals surface area contributed by atoms with Gasteiger partial charge < -0.3 is 24.1 Å². The van der Waals surface area contributed by atoms with Gasteiger partial charge in [-0.25, -0.2) is 29.1 Å². The van der Waals surface area contributed by atoms with Crippen molar-refractivity contribution in [1.82, 2.24) is 29.7 Å². The molecule has 0 saturated carbocycles. The fraction of sp³-hybridized carbons (Fsp3) is 0.300. The van der Waals surface area contributed by atoms with Gasteiger partial charge in [0.15, 0.2) is 5.82 Å². The number of hydrogen-bond donors (Lipinski definition) is 1. The number of fused-ring (bicyclic) bond motifs is 7. The summed E-state index contributed by atoms with van der Waals surface area (Å²) >= 11 is 8.54. The third kappa shape index (κ3) is 10.5. The van der Waals surface area contributed by atoms with Gasteiger partial charge in [-0.3, -0.25) is 9.80 Å². The molecule has 7 aromatic rings. The lowest BCUT2D eigenvalue weighted by Gasteiger charge is -2.36. The van der Waals surface area contributed by atoms with E-state index in [-0.39, 0.29) is 32.0 Å². The van der Waals surface area contributed by atoms with E-state index in [9.17, 15) is 27.5 Å². The number of piperazine rings is 1. The summed E-state index contributed by atoms with van der Waals surface area (Å²) in [5, 5.41) is 11.6. The molecule has 18 heteroatoms. The average Bonchev–Trinajstić information content (AvgIpc) is 3.72. The number of nitrogens with zero attached hydrogens (tertiary/aromatic N) is 6. The molecule has 0 spiro atoms. The molecule has 1 N–H and O–H groups in total. The Labute approximate surface area is 398 Å². The number of hydrogen-bond acceptors (Lipinski definition) is 12. The van der Waals surface area contributed by atoms with Gasteiger partial charge in [0.2, 0.25) is 12.0 Å². The second-order valence-electron chi connectivity index (χ2n) is 16.6. The maximum Gasteiger partial charge on any atom is 0.401 e. The number of methoxy groups -OCH3 is 1. The zero-order valence-electron chi connectivity index (χ0n) is 36.9. The predicted molar refractivity (Wildman–Crippen MR) is 250 cm³/mol. The summed E-state index contributed by atoms with van der Waals surface area (Å²) in [6.45, 7) is 2.68. The highest BCUT2D eigenvalue weighted by Gasteiger charge is 2.33. The van der Waals surface area contributed by atoms with E-state index >= 15 is 0 Å². The lowest BCUT2D eigenvalue weighted by Crippen LogP contribution is -2.51. The van der Waals surface area contributed by atoms with Gasteiger partial charge in [0, 0.05) is 55.8 Å². The van der Waals surface area contributed by atoms with Gasteiger partial charge >= 0.3 is 12.1 Å². The molecule has 3 aromatic heterocycles. The first-order chi connectivity index (χ1) is 32.8. The molecule has 4 bridgehead atoms. The molecule has 0 unspecified atom stereocenters. The molecule has 6 heterocycles. The van der Waals surface area contributed by atoms with Crippen LogP contribution < -0.4 is 18.9 Å². The monoisotopic (exact) mass is 968 g/mol. The fourth-order valence-corrected chi connectivity index (χ4v) is 10.00. The Kier molecular flexibility index (Phi) is 13.8. The SMILES string of the molecule is COc1ccccc1-c1nccc(COc2ccc3cc2C[C@H](C(=O)O)Oc2ncnc4sc(-c5ccc(F)cc5)c(c24)-c2ccc(c(Cl)c2C)O[C@H](CN2CCN(CC(F)(F)F)CC2)CC3)n1. The van der Waals surface area contributed by atoms with Crippen molar-refractivity contribution in [1.29, 1.82) is 0 Å². The quantitative estimate of drug-likeness (QED) is 0.131. The normalized spacial score (nSPS) is 17.0. The van der Waals surface area contributed by atoms with E-state index in [0.29, 0.717) is 115 Å². The number of aromatic nitrogens is 4. The third-order valence-corrected chi connectivity index (χ3v) is 13.7. The number of thiophene rings is 1. The number of para-hydroxylation sites is 1. The van der Waals surface area contributed by atoms with Crippen LogP contribution in [0.4, 0.5) is 17.6 Å². The molecule has 4 aromatic carbocycles. The van der Waals surface area contributed by atoms with Crippen molar-refractivity contribution in [2.24, 2.45) is 0 Å². The number of rotatable bonds is 10. The number of carbonyl (C=O) groups is 1.